The maximum Gasteiger partial charge on any atom is 0.109 e. The molecule has 21 heavy (non-hydrogen) atoms. The van der Waals surface area contributed by atoms with Crippen LogP contribution in [0.15, 0.2) is 36.7 Å². The molecule has 0 unspecified atom stereocenters. The van der Waals surface area contributed by atoms with Crippen molar-refractivity contribution in [3.8, 4) is 0 Å². The Bertz CT molecular complexity index is 727. The van der Waals surface area contributed by atoms with Gasteiger partial charge in [-0.25, -0.2) is 4.98 Å². The number of imidazole rings is 1. The lowest BCUT2D eigenvalue weighted by Gasteiger charge is -2.12. The average molecular weight is 283 g/mol. The summed E-state index contributed by atoms with van der Waals surface area (Å²) >= 11 is 0. The molecule has 0 radical (unpaired) electrons. The molecular weight excluding hydrogens is 262 g/mol. The molecule has 0 aliphatic carbocycles. The maximum atomic E-state index is 9.54. The first-order valence-electron chi connectivity index (χ1n) is 7.52. The summed E-state index contributed by atoms with van der Waals surface area (Å²) in [5, 5.41) is 10.8. The minimum atomic E-state index is 0.0300. The third-order valence-electron chi connectivity index (χ3n) is 3.95. The second-order valence-corrected chi connectivity index (χ2v) is 5.37. The van der Waals surface area contributed by atoms with Crippen molar-refractivity contribution in [1.82, 2.24) is 14.5 Å². The smallest absolute Gasteiger partial charge is 0.109 e. The highest BCUT2D eigenvalue weighted by molar-refractivity contribution is 5.82. The van der Waals surface area contributed by atoms with Crippen molar-refractivity contribution in [2.75, 3.05) is 0 Å². The minimum absolute atomic E-state index is 0.0300. The van der Waals surface area contributed by atoms with Gasteiger partial charge in [0.15, 0.2) is 0 Å². The van der Waals surface area contributed by atoms with Crippen molar-refractivity contribution in [2.24, 2.45) is 0 Å². The third kappa shape index (κ3) is 2.72. The first-order chi connectivity index (χ1) is 10.3. The molecule has 0 fully saturated rings. The molecule has 0 saturated heterocycles. The molecule has 0 amide bonds. The SMILES string of the molecule is CCCCc1ncc(CO)n1Cc1cccc2[nH]ccc12. The number of rotatable bonds is 6. The van der Waals surface area contributed by atoms with Crippen LogP contribution in [0.25, 0.3) is 10.9 Å². The molecular formula is C17H21N3O. The fourth-order valence-corrected chi connectivity index (χ4v) is 2.77. The number of aryl methyl sites for hydroxylation is 1. The Morgan fingerprint density at radius 2 is 2.19 bits per heavy atom. The van der Waals surface area contributed by atoms with Crippen molar-refractivity contribution >= 4 is 10.9 Å². The normalized spacial score (nSPS) is 11.3. The zero-order valence-corrected chi connectivity index (χ0v) is 12.3. The molecule has 2 N–H and O–H groups in total. The second-order valence-electron chi connectivity index (χ2n) is 5.37. The number of hydrogen-bond acceptors (Lipinski definition) is 2. The monoisotopic (exact) mass is 283 g/mol. The Hall–Kier alpha value is -2.07. The van der Waals surface area contributed by atoms with Crippen LogP contribution in [0.4, 0.5) is 0 Å². The highest BCUT2D eigenvalue weighted by Gasteiger charge is 2.11. The number of aliphatic hydroxyl groups is 1. The van der Waals surface area contributed by atoms with Crippen LogP contribution >= 0.6 is 0 Å². The number of benzene rings is 1. The lowest BCUT2D eigenvalue weighted by atomic mass is 10.1. The first kappa shape index (κ1) is 13.9. The predicted octanol–water partition coefficient (Wildman–Crippen LogP) is 3.25. The number of aromatic nitrogens is 3. The summed E-state index contributed by atoms with van der Waals surface area (Å²) in [6, 6.07) is 8.39. The summed E-state index contributed by atoms with van der Waals surface area (Å²) in [7, 11) is 0. The van der Waals surface area contributed by atoms with Gasteiger partial charge in [0, 0.05) is 30.1 Å². The quantitative estimate of drug-likeness (QED) is 0.729. The third-order valence-corrected chi connectivity index (χ3v) is 3.95. The Morgan fingerprint density at radius 1 is 1.29 bits per heavy atom. The Labute approximate surface area is 124 Å². The van der Waals surface area contributed by atoms with E-state index in [0.717, 1.165) is 42.8 Å². The summed E-state index contributed by atoms with van der Waals surface area (Å²) in [6.07, 6.45) is 6.99. The van der Waals surface area contributed by atoms with Crippen molar-refractivity contribution in [3.05, 3.63) is 53.7 Å². The number of nitrogens with one attached hydrogen (secondary N) is 1. The first-order valence-corrected chi connectivity index (χ1v) is 7.52. The lowest BCUT2D eigenvalue weighted by molar-refractivity contribution is 0.271. The summed E-state index contributed by atoms with van der Waals surface area (Å²) in [6.45, 7) is 2.97. The largest absolute Gasteiger partial charge is 0.390 e. The van der Waals surface area contributed by atoms with E-state index in [1.165, 1.54) is 10.9 Å². The van der Waals surface area contributed by atoms with Crippen molar-refractivity contribution in [1.29, 1.82) is 0 Å². The molecule has 3 aromatic rings. The van der Waals surface area contributed by atoms with Crippen LogP contribution in [-0.4, -0.2) is 19.6 Å². The molecule has 0 aliphatic heterocycles. The van der Waals surface area contributed by atoms with E-state index >= 15 is 0 Å². The van der Waals surface area contributed by atoms with E-state index in [4.69, 9.17) is 0 Å². The Morgan fingerprint density at radius 3 is 3.00 bits per heavy atom. The second kappa shape index (κ2) is 6.14. The molecule has 0 bridgehead atoms. The van der Waals surface area contributed by atoms with Gasteiger partial charge in [-0.15, -0.1) is 0 Å². The summed E-state index contributed by atoms with van der Waals surface area (Å²) in [4.78, 5) is 7.73. The van der Waals surface area contributed by atoms with Gasteiger partial charge in [-0.1, -0.05) is 25.5 Å². The number of fused-ring (bicyclic) bond motifs is 1. The summed E-state index contributed by atoms with van der Waals surface area (Å²) < 4.78 is 2.15. The van der Waals surface area contributed by atoms with E-state index in [1.54, 1.807) is 6.20 Å². The number of aromatic amines is 1. The number of H-pyrrole nitrogens is 1. The molecule has 0 spiro atoms. The topological polar surface area (TPSA) is 53.8 Å². The maximum absolute atomic E-state index is 9.54. The molecule has 2 aromatic heterocycles. The van der Waals surface area contributed by atoms with Crippen molar-refractivity contribution < 1.29 is 5.11 Å². The summed E-state index contributed by atoms with van der Waals surface area (Å²) in [5.74, 6) is 1.06. The van der Waals surface area contributed by atoms with Gasteiger partial charge in [0.25, 0.3) is 0 Å². The van der Waals surface area contributed by atoms with E-state index in [2.05, 4.69) is 45.7 Å². The Kier molecular flexibility index (Phi) is 4.06. The number of hydrogen-bond donors (Lipinski definition) is 2. The van der Waals surface area contributed by atoms with E-state index in [-0.39, 0.29) is 6.61 Å². The van der Waals surface area contributed by atoms with Gasteiger partial charge in [0.1, 0.15) is 5.82 Å². The van der Waals surface area contributed by atoms with Gasteiger partial charge in [0.05, 0.1) is 18.5 Å². The molecule has 0 saturated carbocycles. The van der Waals surface area contributed by atoms with Gasteiger partial charge >= 0.3 is 0 Å². The van der Waals surface area contributed by atoms with Crippen LogP contribution in [0, 0.1) is 0 Å². The standard InChI is InChI=1S/C17H21N3O/c1-2-3-7-17-19-10-14(12-21)20(17)11-13-5-4-6-16-15(13)8-9-18-16/h4-6,8-10,18,21H,2-3,7,11-12H2,1H3. The fraction of sp³-hybridized carbons (Fsp3) is 0.353. The van der Waals surface area contributed by atoms with Gasteiger partial charge in [-0.3, -0.25) is 0 Å². The van der Waals surface area contributed by atoms with Crippen LogP contribution in [0.5, 0.6) is 0 Å². The molecule has 4 heteroatoms. The summed E-state index contributed by atoms with van der Waals surface area (Å²) in [5.41, 5.74) is 3.28. The molecule has 0 aliphatic rings. The van der Waals surface area contributed by atoms with E-state index in [1.807, 2.05) is 6.20 Å². The molecule has 2 heterocycles. The van der Waals surface area contributed by atoms with E-state index in [9.17, 15) is 5.11 Å². The van der Waals surface area contributed by atoms with Crippen molar-refractivity contribution in [3.63, 3.8) is 0 Å². The fourth-order valence-electron chi connectivity index (χ4n) is 2.77. The Balaban J connectivity index is 1.96. The average Bonchev–Trinajstić information content (AvgIpc) is 3.12. The molecule has 4 nitrogen and oxygen atoms in total. The van der Waals surface area contributed by atoms with Gasteiger partial charge in [-0.05, 0) is 24.1 Å². The predicted molar refractivity (Wildman–Crippen MR) is 84.2 cm³/mol. The van der Waals surface area contributed by atoms with Gasteiger partial charge < -0.3 is 14.7 Å². The molecule has 110 valence electrons. The lowest BCUT2D eigenvalue weighted by Crippen LogP contribution is -2.09. The zero-order chi connectivity index (χ0) is 14.7. The number of nitrogens with zero attached hydrogens (tertiary/aromatic N) is 2. The van der Waals surface area contributed by atoms with E-state index in [0.29, 0.717) is 0 Å². The zero-order valence-electron chi connectivity index (χ0n) is 12.3. The van der Waals surface area contributed by atoms with Gasteiger partial charge in [0.2, 0.25) is 0 Å². The van der Waals surface area contributed by atoms with Crippen LogP contribution in [0.2, 0.25) is 0 Å². The molecule has 1 aromatic carbocycles. The minimum Gasteiger partial charge on any atom is -0.390 e. The van der Waals surface area contributed by atoms with Crippen LogP contribution in [-0.2, 0) is 19.6 Å². The number of unbranched alkanes of at least 4 members (excludes halogenated alkanes) is 1. The van der Waals surface area contributed by atoms with E-state index < -0.39 is 0 Å². The number of aliphatic hydroxyl groups excluding tert-OH is 1. The highest BCUT2D eigenvalue weighted by Crippen LogP contribution is 2.20. The highest BCUT2D eigenvalue weighted by atomic mass is 16.3. The van der Waals surface area contributed by atoms with Crippen LogP contribution < -0.4 is 0 Å². The van der Waals surface area contributed by atoms with Gasteiger partial charge in [-0.2, -0.15) is 0 Å². The van der Waals surface area contributed by atoms with Crippen molar-refractivity contribution in [2.45, 2.75) is 39.3 Å². The molecule has 3 rings (SSSR count). The molecule has 0 atom stereocenters. The van der Waals surface area contributed by atoms with Crippen LogP contribution in [0.1, 0.15) is 36.8 Å². The van der Waals surface area contributed by atoms with Crippen LogP contribution in [0.3, 0.4) is 0 Å².